The molecule has 0 bridgehead atoms. The fraction of sp³-hybridized carbons (Fsp3) is 0.812. The van der Waals surface area contributed by atoms with Gasteiger partial charge in [-0.15, -0.1) is 0 Å². The fourth-order valence-corrected chi connectivity index (χ4v) is 3.18. The van der Waals surface area contributed by atoms with E-state index in [1.165, 1.54) is 43.4 Å². The Morgan fingerprint density at radius 2 is 2.00 bits per heavy atom. The molecule has 1 heterocycles. The Morgan fingerprint density at radius 3 is 2.68 bits per heavy atom. The number of hydrogen-bond acceptors (Lipinski definition) is 2. The van der Waals surface area contributed by atoms with E-state index < -0.39 is 0 Å². The highest BCUT2D eigenvalue weighted by Gasteiger charge is 2.27. The van der Waals surface area contributed by atoms with Gasteiger partial charge in [0.05, 0.1) is 11.7 Å². The quantitative estimate of drug-likeness (QED) is 0.899. The van der Waals surface area contributed by atoms with E-state index in [-0.39, 0.29) is 0 Å². The van der Waals surface area contributed by atoms with Crippen LogP contribution in [0, 0.1) is 18.8 Å². The number of nitrogens with one attached hydrogen (secondary N) is 1. The summed E-state index contributed by atoms with van der Waals surface area (Å²) in [4.78, 5) is 0. The number of rotatable bonds is 4. The minimum Gasteiger partial charge on any atom is -0.310 e. The summed E-state index contributed by atoms with van der Waals surface area (Å²) >= 11 is 0. The van der Waals surface area contributed by atoms with Gasteiger partial charge in [0.25, 0.3) is 0 Å². The lowest BCUT2D eigenvalue weighted by Crippen LogP contribution is -2.23. The summed E-state index contributed by atoms with van der Waals surface area (Å²) in [5.74, 6) is 1.71. The van der Waals surface area contributed by atoms with Crippen molar-refractivity contribution in [2.75, 3.05) is 0 Å². The average Bonchev–Trinajstić information content (AvgIpc) is 3.14. The zero-order valence-corrected chi connectivity index (χ0v) is 12.5. The SMILES string of the molecule is Cc1nn(C2CCC(C)C(C)C2)cc1CNC1CC1. The van der Waals surface area contributed by atoms with E-state index in [1.54, 1.807) is 0 Å². The molecule has 1 aromatic rings. The second kappa shape index (κ2) is 5.28. The maximum absolute atomic E-state index is 4.77. The summed E-state index contributed by atoms with van der Waals surface area (Å²) in [6.45, 7) is 7.92. The van der Waals surface area contributed by atoms with Crippen molar-refractivity contribution in [3.63, 3.8) is 0 Å². The molecule has 3 atom stereocenters. The molecule has 3 unspecified atom stereocenters. The molecule has 2 fully saturated rings. The standard InChI is InChI=1S/C16H27N3/c1-11-4-7-16(8-12(11)2)19-10-14(13(3)18-19)9-17-15-5-6-15/h10-12,15-17H,4-9H2,1-3H3. The third kappa shape index (κ3) is 3.02. The second-order valence-electron chi connectivity index (χ2n) is 6.80. The molecule has 19 heavy (non-hydrogen) atoms. The molecule has 0 aromatic carbocycles. The van der Waals surface area contributed by atoms with Crippen LogP contribution >= 0.6 is 0 Å². The van der Waals surface area contributed by atoms with Crippen LogP contribution in [-0.4, -0.2) is 15.8 Å². The maximum Gasteiger partial charge on any atom is 0.0638 e. The lowest BCUT2D eigenvalue weighted by atomic mass is 9.79. The van der Waals surface area contributed by atoms with Gasteiger partial charge in [-0.3, -0.25) is 4.68 Å². The van der Waals surface area contributed by atoms with Gasteiger partial charge < -0.3 is 5.32 Å². The van der Waals surface area contributed by atoms with E-state index in [0.29, 0.717) is 6.04 Å². The lowest BCUT2D eigenvalue weighted by molar-refractivity contribution is 0.200. The molecule has 0 aliphatic heterocycles. The average molecular weight is 261 g/mol. The van der Waals surface area contributed by atoms with Crippen LogP contribution < -0.4 is 5.32 Å². The van der Waals surface area contributed by atoms with Crippen molar-refractivity contribution in [2.45, 2.75) is 71.5 Å². The Hall–Kier alpha value is -0.830. The Labute approximate surface area is 116 Å². The zero-order chi connectivity index (χ0) is 13.4. The predicted octanol–water partition coefficient (Wildman–Crippen LogP) is 3.44. The molecule has 3 rings (SSSR count). The molecule has 3 nitrogen and oxygen atoms in total. The maximum atomic E-state index is 4.77. The first-order valence-corrected chi connectivity index (χ1v) is 7.91. The summed E-state index contributed by atoms with van der Waals surface area (Å²) in [5.41, 5.74) is 2.60. The van der Waals surface area contributed by atoms with Crippen molar-refractivity contribution < 1.29 is 0 Å². The molecule has 1 aromatic heterocycles. The third-order valence-electron chi connectivity index (χ3n) is 5.12. The van der Waals surface area contributed by atoms with E-state index in [2.05, 4.69) is 37.0 Å². The van der Waals surface area contributed by atoms with Gasteiger partial charge in [0, 0.05) is 24.3 Å². The zero-order valence-electron chi connectivity index (χ0n) is 12.5. The van der Waals surface area contributed by atoms with Gasteiger partial charge in [0.15, 0.2) is 0 Å². The fourth-order valence-electron chi connectivity index (χ4n) is 3.18. The molecule has 2 saturated carbocycles. The van der Waals surface area contributed by atoms with Gasteiger partial charge in [-0.25, -0.2) is 0 Å². The summed E-state index contributed by atoms with van der Waals surface area (Å²) in [5, 5.41) is 8.36. The Balaban J connectivity index is 1.65. The van der Waals surface area contributed by atoms with Crippen LogP contribution in [-0.2, 0) is 6.54 Å². The molecular formula is C16H27N3. The van der Waals surface area contributed by atoms with Crippen molar-refractivity contribution >= 4 is 0 Å². The van der Waals surface area contributed by atoms with Gasteiger partial charge in [-0.2, -0.15) is 5.10 Å². The van der Waals surface area contributed by atoms with Gasteiger partial charge >= 0.3 is 0 Å². The van der Waals surface area contributed by atoms with Crippen molar-refractivity contribution in [1.82, 2.24) is 15.1 Å². The van der Waals surface area contributed by atoms with Crippen LogP contribution in [0.5, 0.6) is 0 Å². The highest BCUT2D eigenvalue weighted by atomic mass is 15.3. The van der Waals surface area contributed by atoms with Gasteiger partial charge in [0.1, 0.15) is 0 Å². The molecule has 0 radical (unpaired) electrons. The van der Waals surface area contributed by atoms with E-state index in [4.69, 9.17) is 5.10 Å². The third-order valence-corrected chi connectivity index (χ3v) is 5.12. The summed E-state index contributed by atoms with van der Waals surface area (Å²) in [6, 6.07) is 1.40. The number of aryl methyl sites for hydroxylation is 1. The summed E-state index contributed by atoms with van der Waals surface area (Å²) in [7, 11) is 0. The molecule has 3 heteroatoms. The van der Waals surface area contributed by atoms with Crippen LogP contribution in [0.1, 0.15) is 63.3 Å². The van der Waals surface area contributed by atoms with Crippen molar-refractivity contribution in [3.8, 4) is 0 Å². The first-order chi connectivity index (χ1) is 9.13. The van der Waals surface area contributed by atoms with Gasteiger partial charge in [-0.1, -0.05) is 13.8 Å². The highest BCUT2D eigenvalue weighted by Crippen LogP contribution is 2.36. The second-order valence-corrected chi connectivity index (χ2v) is 6.80. The lowest BCUT2D eigenvalue weighted by Gasteiger charge is -2.32. The number of hydrogen-bond donors (Lipinski definition) is 1. The summed E-state index contributed by atoms with van der Waals surface area (Å²) < 4.78 is 2.25. The van der Waals surface area contributed by atoms with E-state index in [0.717, 1.165) is 24.4 Å². The topological polar surface area (TPSA) is 29.9 Å². The molecular weight excluding hydrogens is 234 g/mol. The van der Waals surface area contributed by atoms with Crippen LogP contribution in [0.3, 0.4) is 0 Å². The van der Waals surface area contributed by atoms with Crippen molar-refractivity contribution in [3.05, 3.63) is 17.5 Å². The minimum atomic E-state index is 0.625. The van der Waals surface area contributed by atoms with Crippen LogP contribution in [0.15, 0.2) is 6.20 Å². The van der Waals surface area contributed by atoms with Crippen molar-refractivity contribution in [2.24, 2.45) is 11.8 Å². The van der Waals surface area contributed by atoms with E-state index >= 15 is 0 Å². The van der Waals surface area contributed by atoms with Crippen LogP contribution in [0.2, 0.25) is 0 Å². The molecule has 1 N–H and O–H groups in total. The molecule has 2 aliphatic carbocycles. The molecule has 2 aliphatic rings. The molecule has 0 spiro atoms. The van der Waals surface area contributed by atoms with E-state index in [9.17, 15) is 0 Å². The Morgan fingerprint density at radius 1 is 1.21 bits per heavy atom. The highest BCUT2D eigenvalue weighted by molar-refractivity contribution is 5.16. The molecule has 0 amide bonds. The van der Waals surface area contributed by atoms with Crippen molar-refractivity contribution in [1.29, 1.82) is 0 Å². The Kier molecular flexibility index (Phi) is 3.66. The molecule has 0 saturated heterocycles. The number of nitrogens with zero attached hydrogens (tertiary/aromatic N) is 2. The minimum absolute atomic E-state index is 0.625. The van der Waals surface area contributed by atoms with Crippen LogP contribution in [0.4, 0.5) is 0 Å². The van der Waals surface area contributed by atoms with E-state index in [1.807, 2.05) is 0 Å². The predicted molar refractivity (Wildman–Crippen MR) is 78.0 cm³/mol. The normalized spacial score (nSPS) is 31.6. The molecule has 106 valence electrons. The first-order valence-electron chi connectivity index (χ1n) is 7.91. The van der Waals surface area contributed by atoms with Gasteiger partial charge in [0.2, 0.25) is 0 Å². The largest absolute Gasteiger partial charge is 0.310 e. The number of aromatic nitrogens is 2. The first kappa shape index (κ1) is 13.2. The van der Waals surface area contributed by atoms with Crippen LogP contribution in [0.25, 0.3) is 0 Å². The monoisotopic (exact) mass is 261 g/mol. The Bertz CT molecular complexity index is 433. The summed E-state index contributed by atoms with van der Waals surface area (Å²) in [6.07, 6.45) is 8.93. The smallest absolute Gasteiger partial charge is 0.0638 e. The van der Waals surface area contributed by atoms with Gasteiger partial charge in [-0.05, 0) is 50.9 Å².